The van der Waals surface area contributed by atoms with Crippen LogP contribution < -0.4 is 5.56 Å². The van der Waals surface area contributed by atoms with Gasteiger partial charge in [-0.1, -0.05) is 26.8 Å². The topological polar surface area (TPSA) is 34.4 Å². The average Bonchev–Trinajstić information content (AvgIpc) is 2.15. The van der Waals surface area contributed by atoms with Crippen molar-refractivity contribution in [1.29, 1.82) is 0 Å². The summed E-state index contributed by atoms with van der Waals surface area (Å²) < 4.78 is 1.63. The molecule has 0 saturated heterocycles. The molecule has 0 aliphatic heterocycles. The number of nitrogens with zero attached hydrogens (tertiary/aromatic N) is 2. The third kappa shape index (κ3) is 1.73. The SMILES string of the molecule is Cc1cccc2nc(C(C)(C)C)cc(=O)n12. The predicted molar refractivity (Wildman–Crippen MR) is 64.9 cm³/mol. The minimum Gasteiger partial charge on any atom is -0.269 e. The van der Waals surface area contributed by atoms with E-state index in [1.165, 1.54) is 0 Å². The van der Waals surface area contributed by atoms with Crippen LogP contribution in [0, 0.1) is 6.92 Å². The second kappa shape index (κ2) is 3.44. The van der Waals surface area contributed by atoms with Crippen molar-refractivity contribution < 1.29 is 0 Å². The standard InChI is InChI=1S/C13H16N2O/c1-9-6-5-7-11-14-10(13(2,3)4)8-12(16)15(9)11/h5-8H,1-4H3. The van der Waals surface area contributed by atoms with Gasteiger partial charge in [-0.3, -0.25) is 9.20 Å². The number of rotatable bonds is 0. The van der Waals surface area contributed by atoms with Gasteiger partial charge in [0.25, 0.3) is 5.56 Å². The molecule has 0 N–H and O–H groups in total. The molecule has 0 unspecified atom stereocenters. The Bertz CT molecular complexity index is 591. The van der Waals surface area contributed by atoms with E-state index in [1.54, 1.807) is 10.5 Å². The molecule has 0 fully saturated rings. The third-order valence-electron chi connectivity index (χ3n) is 2.65. The van der Waals surface area contributed by atoms with Crippen molar-refractivity contribution in [3.05, 3.63) is 46.0 Å². The van der Waals surface area contributed by atoms with E-state index in [0.717, 1.165) is 17.0 Å². The molecule has 0 aliphatic carbocycles. The highest BCUT2D eigenvalue weighted by Gasteiger charge is 2.17. The first-order chi connectivity index (χ1) is 7.39. The summed E-state index contributed by atoms with van der Waals surface area (Å²) >= 11 is 0. The molecule has 84 valence electrons. The van der Waals surface area contributed by atoms with E-state index in [-0.39, 0.29) is 11.0 Å². The van der Waals surface area contributed by atoms with Crippen molar-refractivity contribution in [2.24, 2.45) is 0 Å². The third-order valence-corrected chi connectivity index (χ3v) is 2.65. The molecule has 3 heteroatoms. The van der Waals surface area contributed by atoms with Gasteiger partial charge in [0.2, 0.25) is 0 Å². The van der Waals surface area contributed by atoms with Crippen LogP contribution in [0.1, 0.15) is 32.2 Å². The van der Waals surface area contributed by atoms with Gasteiger partial charge < -0.3 is 0 Å². The van der Waals surface area contributed by atoms with Gasteiger partial charge in [0.15, 0.2) is 0 Å². The Hall–Kier alpha value is -1.64. The van der Waals surface area contributed by atoms with Crippen LogP contribution in [-0.2, 0) is 5.41 Å². The fourth-order valence-electron chi connectivity index (χ4n) is 1.70. The number of hydrogen-bond acceptors (Lipinski definition) is 2. The molecule has 0 aromatic carbocycles. The normalized spacial score (nSPS) is 12.0. The molecule has 16 heavy (non-hydrogen) atoms. The highest BCUT2D eigenvalue weighted by Crippen LogP contribution is 2.19. The minimum absolute atomic E-state index is 0.00646. The zero-order valence-electron chi connectivity index (χ0n) is 10.1. The number of aromatic nitrogens is 2. The number of fused-ring (bicyclic) bond motifs is 1. The Kier molecular flexibility index (Phi) is 2.34. The summed E-state index contributed by atoms with van der Waals surface area (Å²) in [5, 5.41) is 0. The molecular weight excluding hydrogens is 200 g/mol. The van der Waals surface area contributed by atoms with Crippen LogP contribution in [-0.4, -0.2) is 9.38 Å². The second-order valence-corrected chi connectivity index (χ2v) is 5.09. The summed E-state index contributed by atoms with van der Waals surface area (Å²) in [5.74, 6) is 0. The van der Waals surface area contributed by atoms with E-state index < -0.39 is 0 Å². The Labute approximate surface area is 94.8 Å². The maximum absolute atomic E-state index is 12.0. The van der Waals surface area contributed by atoms with E-state index in [9.17, 15) is 4.79 Å². The molecule has 0 aliphatic rings. The van der Waals surface area contributed by atoms with Crippen molar-refractivity contribution in [3.63, 3.8) is 0 Å². The Morgan fingerprint density at radius 2 is 1.94 bits per heavy atom. The van der Waals surface area contributed by atoms with Gasteiger partial charge in [0.1, 0.15) is 5.65 Å². The lowest BCUT2D eigenvalue weighted by Gasteiger charge is -2.18. The summed E-state index contributed by atoms with van der Waals surface area (Å²) in [5.41, 5.74) is 2.36. The van der Waals surface area contributed by atoms with Crippen molar-refractivity contribution in [2.75, 3.05) is 0 Å². The van der Waals surface area contributed by atoms with Crippen molar-refractivity contribution in [1.82, 2.24) is 9.38 Å². The fourth-order valence-corrected chi connectivity index (χ4v) is 1.70. The molecule has 0 radical (unpaired) electrons. The minimum atomic E-state index is -0.0995. The molecular formula is C13H16N2O. The zero-order valence-corrected chi connectivity index (χ0v) is 10.1. The van der Waals surface area contributed by atoms with Crippen LogP contribution in [0.15, 0.2) is 29.1 Å². The first kappa shape index (κ1) is 10.9. The molecule has 0 saturated carbocycles. The quantitative estimate of drug-likeness (QED) is 0.677. The van der Waals surface area contributed by atoms with Gasteiger partial charge in [0.05, 0.1) is 5.69 Å². The van der Waals surface area contributed by atoms with Crippen LogP contribution in [0.5, 0.6) is 0 Å². The van der Waals surface area contributed by atoms with E-state index in [1.807, 2.05) is 25.1 Å². The molecule has 2 heterocycles. The van der Waals surface area contributed by atoms with Gasteiger partial charge in [-0.2, -0.15) is 0 Å². The molecule has 0 atom stereocenters. The van der Waals surface area contributed by atoms with Gasteiger partial charge in [-0.05, 0) is 19.1 Å². The molecule has 0 spiro atoms. The van der Waals surface area contributed by atoms with Crippen LogP contribution in [0.25, 0.3) is 5.65 Å². The number of hydrogen-bond donors (Lipinski definition) is 0. The molecule has 0 amide bonds. The molecule has 2 rings (SSSR count). The lowest BCUT2D eigenvalue weighted by molar-refractivity contribution is 0.567. The summed E-state index contributed by atoms with van der Waals surface area (Å²) in [6.45, 7) is 8.08. The monoisotopic (exact) mass is 216 g/mol. The smallest absolute Gasteiger partial charge is 0.258 e. The summed E-state index contributed by atoms with van der Waals surface area (Å²) in [6, 6.07) is 7.32. The highest BCUT2D eigenvalue weighted by atomic mass is 16.1. The first-order valence-electron chi connectivity index (χ1n) is 5.39. The lowest BCUT2D eigenvalue weighted by atomic mass is 9.92. The largest absolute Gasteiger partial charge is 0.269 e. The van der Waals surface area contributed by atoms with E-state index >= 15 is 0 Å². The Morgan fingerprint density at radius 3 is 2.56 bits per heavy atom. The predicted octanol–water partition coefficient (Wildman–Crippen LogP) is 2.30. The lowest BCUT2D eigenvalue weighted by Crippen LogP contribution is -2.23. The van der Waals surface area contributed by atoms with E-state index in [0.29, 0.717) is 0 Å². The van der Waals surface area contributed by atoms with Crippen LogP contribution in [0.3, 0.4) is 0 Å². The number of aryl methyl sites for hydroxylation is 1. The molecule has 2 aromatic rings. The molecule has 2 aromatic heterocycles. The fraction of sp³-hybridized carbons (Fsp3) is 0.385. The summed E-state index contributed by atoms with van der Waals surface area (Å²) in [4.78, 5) is 16.5. The van der Waals surface area contributed by atoms with Crippen molar-refractivity contribution in [3.8, 4) is 0 Å². The van der Waals surface area contributed by atoms with Gasteiger partial charge in [-0.15, -0.1) is 0 Å². The summed E-state index contributed by atoms with van der Waals surface area (Å²) in [6.07, 6.45) is 0. The van der Waals surface area contributed by atoms with Crippen molar-refractivity contribution >= 4 is 5.65 Å². The van der Waals surface area contributed by atoms with Crippen LogP contribution >= 0.6 is 0 Å². The Morgan fingerprint density at radius 1 is 1.25 bits per heavy atom. The maximum atomic E-state index is 12.0. The van der Waals surface area contributed by atoms with Crippen LogP contribution in [0.4, 0.5) is 0 Å². The Balaban J connectivity index is 2.85. The average molecular weight is 216 g/mol. The van der Waals surface area contributed by atoms with Crippen molar-refractivity contribution in [2.45, 2.75) is 33.1 Å². The van der Waals surface area contributed by atoms with Crippen LogP contribution in [0.2, 0.25) is 0 Å². The second-order valence-electron chi connectivity index (χ2n) is 5.09. The zero-order chi connectivity index (χ0) is 11.9. The summed E-state index contributed by atoms with van der Waals surface area (Å²) in [7, 11) is 0. The molecule has 0 bridgehead atoms. The van der Waals surface area contributed by atoms with E-state index in [4.69, 9.17) is 0 Å². The van der Waals surface area contributed by atoms with Gasteiger partial charge in [-0.25, -0.2) is 4.98 Å². The highest BCUT2D eigenvalue weighted by molar-refractivity contribution is 5.41. The van der Waals surface area contributed by atoms with E-state index in [2.05, 4.69) is 25.8 Å². The maximum Gasteiger partial charge on any atom is 0.258 e. The first-order valence-corrected chi connectivity index (χ1v) is 5.39. The van der Waals surface area contributed by atoms with Gasteiger partial charge in [0, 0.05) is 17.2 Å². The molecule has 3 nitrogen and oxygen atoms in total. The number of pyridine rings is 1. The van der Waals surface area contributed by atoms with Gasteiger partial charge >= 0.3 is 0 Å².